The molecule has 6 heteroatoms. The number of hydrogen-bond donors (Lipinski definition) is 0. The fourth-order valence-corrected chi connectivity index (χ4v) is 3.51. The predicted octanol–water partition coefficient (Wildman–Crippen LogP) is 3.33. The normalized spacial score (nSPS) is 12.2. The van der Waals surface area contributed by atoms with Crippen molar-refractivity contribution in [1.29, 1.82) is 0 Å². The van der Waals surface area contributed by atoms with Gasteiger partial charge in [-0.25, -0.2) is 0 Å². The lowest BCUT2D eigenvalue weighted by atomic mass is 10.1. The fraction of sp³-hybridized carbons (Fsp3) is 0.0556. The van der Waals surface area contributed by atoms with Gasteiger partial charge in [-0.15, -0.1) is 5.10 Å². The summed E-state index contributed by atoms with van der Waals surface area (Å²) in [6.07, 6.45) is 1.81. The number of aromatic nitrogens is 3. The Morgan fingerprint density at radius 2 is 1.96 bits per heavy atom. The largest absolute Gasteiger partial charge is 0.291 e. The summed E-state index contributed by atoms with van der Waals surface area (Å²) in [6.45, 7) is 2.02. The zero-order valence-corrected chi connectivity index (χ0v) is 14.3. The Hall–Kier alpha value is -2.50. The maximum Gasteiger partial charge on any atom is 0.291 e. The number of fused-ring (bicyclic) bond motifs is 1. The first-order valence-corrected chi connectivity index (χ1v) is 8.53. The summed E-state index contributed by atoms with van der Waals surface area (Å²) in [7, 11) is 0. The van der Waals surface area contributed by atoms with Gasteiger partial charge in [0.25, 0.3) is 5.56 Å². The van der Waals surface area contributed by atoms with Gasteiger partial charge in [-0.05, 0) is 30.7 Å². The number of aryl methyl sites for hydroxylation is 1. The van der Waals surface area contributed by atoms with E-state index in [1.54, 1.807) is 12.1 Å². The molecular weight excluding hydrogens is 342 g/mol. The van der Waals surface area contributed by atoms with Gasteiger partial charge in [0.2, 0.25) is 4.96 Å². The zero-order valence-electron chi connectivity index (χ0n) is 12.7. The number of nitrogens with zero attached hydrogens (tertiary/aromatic N) is 3. The summed E-state index contributed by atoms with van der Waals surface area (Å²) >= 11 is 7.30. The summed E-state index contributed by atoms with van der Waals surface area (Å²) in [5.41, 5.74) is 2.78. The third kappa shape index (κ3) is 2.72. The lowest BCUT2D eigenvalue weighted by Gasteiger charge is -1.95. The topological polar surface area (TPSA) is 47.3 Å². The molecule has 24 heavy (non-hydrogen) atoms. The van der Waals surface area contributed by atoms with Crippen molar-refractivity contribution in [3.63, 3.8) is 0 Å². The molecule has 0 amide bonds. The molecular formula is C18H12ClN3OS. The molecule has 2 aromatic carbocycles. The summed E-state index contributed by atoms with van der Waals surface area (Å²) in [5.74, 6) is 0.563. The van der Waals surface area contributed by atoms with Crippen LogP contribution in [0.3, 0.4) is 0 Å². The third-order valence-corrected chi connectivity index (χ3v) is 4.83. The van der Waals surface area contributed by atoms with Gasteiger partial charge >= 0.3 is 0 Å². The van der Waals surface area contributed by atoms with Crippen LogP contribution in [0.4, 0.5) is 0 Å². The lowest BCUT2D eigenvalue weighted by Crippen LogP contribution is -2.23. The number of benzene rings is 2. The van der Waals surface area contributed by atoms with Crippen LogP contribution in [0.1, 0.15) is 11.1 Å². The minimum absolute atomic E-state index is 0.166. The van der Waals surface area contributed by atoms with E-state index in [0.717, 1.165) is 11.1 Å². The summed E-state index contributed by atoms with van der Waals surface area (Å²) in [4.78, 5) is 17.6. The number of hydrogen-bond acceptors (Lipinski definition) is 4. The Morgan fingerprint density at radius 1 is 1.17 bits per heavy atom. The van der Waals surface area contributed by atoms with Crippen molar-refractivity contribution in [3.05, 3.63) is 79.6 Å². The second-order valence-electron chi connectivity index (χ2n) is 5.47. The monoisotopic (exact) mass is 353 g/mol. The molecule has 0 aliphatic heterocycles. The van der Waals surface area contributed by atoms with Crippen LogP contribution >= 0.6 is 22.9 Å². The molecule has 0 fully saturated rings. The first-order chi connectivity index (χ1) is 11.6. The Kier molecular flexibility index (Phi) is 3.67. The molecule has 0 aliphatic rings. The average molecular weight is 354 g/mol. The second-order valence-corrected chi connectivity index (χ2v) is 6.91. The molecule has 118 valence electrons. The molecule has 0 unspecified atom stereocenters. The molecule has 0 radical (unpaired) electrons. The van der Waals surface area contributed by atoms with Crippen LogP contribution in [-0.4, -0.2) is 14.6 Å². The number of thiazole rings is 1. The molecule has 0 saturated carbocycles. The van der Waals surface area contributed by atoms with E-state index in [1.165, 1.54) is 21.4 Å². The summed E-state index contributed by atoms with van der Waals surface area (Å²) < 4.78 is 1.94. The maximum atomic E-state index is 12.5. The Morgan fingerprint density at radius 3 is 2.67 bits per heavy atom. The molecule has 0 saturated heterocycles. The minimum atomic E-state index is -0.166. The Bertz CT molecular complexity index is 1150. The quantitative estimate of drug-likeness (QED) is 0.555. The Balaban J connectivity index is 1.81. The van der Waals surface area contributed by atoms with Gasteiger partial charge in [0.15, 0.2) is 5.82 Å². The number of halogens is 1. The van der Waals surface area contributed by atoms with Crippen LogP contribution in [0, 0.1) is 6.92 Å². The Labute approximate surface area is 146 Å². The van der Waals surface area contributed by atoms with Crippen molar-refractivity contribution in [3.8, 4) is 11.4 Å². The first kappa shape index (κ1) is 15.1. The molecule has 0 aliphatic carbocycles. The maximum absolute atomic E-state index is 12.5. The van der Waals surface area contributed by atoms with E-state index in [2.05, 4.69) is 10.1 Å². The van der Waals surface area contributed by atoms with Gasteiger partial charge in [0.05, 0.1) is 4.53 Å². The van der Waals surface area contributed by atoms with E-state index in [1.807, 2.05) is 49.4 Å². The molecule has 0 N–H and O–H groups in total. The summed E-state index contributed by atoms with van der Waals surface area (Å²) in [6, 6.07) is 15.3. The van der Waals surface area contributed by atoms with Gasteiger partial charge in [0.1, 0.15) is 0 Å². The molecule has 0 bridgehead atoms. The van der Waals surface area contributed by atoms with E-state index in [-0.39, 0.29) is 5.56 Å². The molecule has 2 aromatic heterocycles. The molecule has 4 aromatic rings. The van der Waals surface area contributed by atoms with Crippen molar-refractivity contribution < 1.29 is 0 Å². The highest BCUT2D eigenvalue weighted by Crippen LogP contribution is 2.17. The SMILES string of the molecule is Cc1ccc(-c2nc3sc(=Cc4cccc(Cl)c4)c(=O)n3n2)cc1. The van der Waals surface area contributed by atoms with Crippen molar-refractivity contribution in [2.24, 2.45) is 0 Å². The smallest absolute Gasteiger partial charge is 0.266 e. The van der Waals surface area contributed by atoms with Gasteiger partial charge in [-0.1, -0.05) is 64.9 Å². The van der Waals surface area contributed by atoms with Gasteiger partial charge in [0, 0.05) is 10.6 Å². The molecule has 4 rings (SSSR count). The van der Waals surface area contributed by atoms with Crippen molar-refractivity contribution in [1.82, 2.24) is 14.6 Å². The van der Waals surface area contributed by atoms with Crippen molar-refractivity contribution >= 4 is 34.0 Å². The third-order valence-electron chi connectivity index (χ3n) is 3.64. The van der Waals surface area contributed by atoms with Crippen LogP contribution < -0.4 is 10.1 Å². The summed E-state index contributed by atoms with van der Waals surface area (Å²) in [5, 5.41) is 4.99. The molecule has 2 heterocycles. The van der Waals surface area contributed by atoms with Crippen molar-refractivity contribution in [2.45, 2.75) is 6.92 Å². The van der Waals surface area contributed by atoms with Gasteiger partial charge in [-0.3, -0.25) is 4.79 Å². The molecule has 0 spiro atoms. The standard InChI is InChI=1S/C18H12ClN3OS/c1-11-5-7-13(8-6-11)16-20-18-22(21-16)17(23)15(24-18)10-12-3-2-4-14(19)9-12/h2-10H,1H3. The first-order valence-electron chi connectivity index (χ1n) is 7.34. The van der Waals surface area contributed by atoms with Gasteiger partial charge in [-0.2, -0.15) is 9.50 Å². The van der Waals surface area contributed by atoms with E-state index < -0.39 is 0 Å². The van der Waals surface area contributed by atoms with Crippen LogP contribution in [0.15, 0.2) is 53.3 Å². The minimum Gasteiger partial charge on any atom is -0.266 e. The highest BCUT2D eigenvalue weighted by atomic mass is 35.5. The van der Waals surface area contributed by atoms with Crippen LogP contribution in [0.25, 0.3) is 22.4 Å². The highest BCUT2D eigenvalue weighted by molar-refractivity contribution is 7.15. The van der Waals surface area contributed by atoms with Crippen LogP contribution in [0.5, 0.6) is 0 Å². The van der Waals surface area contributed by atoms with Crippen LogP contribution in [-0.2, 0) is 0 Å². The molecule has 4 nitrogen and oxygen atoms in total. The van der Waals surface area contributed by atoms with Crippen LogP contribution in [0.2, 0.25) is 5.02 Å². The lowest BCUT2D eigenvalue weighted by molar-refractivity contribution is 0.937. The fourth-order valence-electron chi connectivity index (χ4n) is 2.41. The highest BCUT2D eigenvalue weighted by Gasteiger charge is 2.11. The van der Waals surface area contributed by atoms with E-state index >= 15 is 0 Å². The van der Waals surface area contributed by atoms with Crippen molar-refractivity contribution in [2.75, 3.05) is 0 Å². The number of rotatable bonds is 2. The van der Waals surface area contributed by atoms with E-state index in [0.29, 0.717) is 20.3 Å². The molecule has 0 atom stereocenters. The average Bonchev–Trinajstić information content (AvgIpc) is 3.09. The zero-order chi connectivity index (χ0) is 16.7. The van der Waals surface area contributed by atoms with E-state index in [9.17, 15) is 4.79 Å². The van der Waals surface area contributed by atoms with Gasteiger partial charge < -0.3 is 0 Å². The predicted molar refractivity (Wildman–Crippen MR) is 97.5 cm³/mol. The van der Waals surface area contributed by atoms with E-state index in [4.69, 9.17) is 11.6 Å². The second kappa shape index (κ2) is 5.85.